The summed E-state index contributed by atoms with van der Waals surface area (Å²) in [6.45, 7) is 6.25. The number of nitrogens with zero attached hydrogens (tertiary/aromatic N) is 7. The number of hydrogen-bond acceptors (Lipinski definition) is 6. The number of benzene rings is 1. The lowest BCUT2D eigenvalue weighted by Crippen LogP contribution is -2.51. The second-order valence-electron chi connectivity index (χ2n) is 8.75. The van der Waals surface area contributed by atoms with Crippen molar-refractivity contribution in [1.29, 1.82) is 0 Å². The predicted octanol–water partition coefficient (Wildman–Crippen LogP) is 3.33. The summed E-state index contributed by atoms with van der Waals surface area (Å²) in [5.41, 5.74) is 0.891. The maximum absolute atomic E-state index is 13.5. The molecule has 178 valence electrons. The minimum Gasteiger partial charge on any atom is -0.368 e. The van der Waals surface area contributed by atoms with Gasteiger partial charge in [0.2, 0.25) is 5.91 Å². The first kappa shape index (κ1) is 22.6. The summed E-state index contributed by atoms with van der Waals surface area (Å²) in [5, 5.41) is 0.124. The number of piperazine rings is 1. The zero-order valence-corrected chi connectivity index (χ0v) is 19.8. The number of piperidine rings is 1. The summed E-state index contributed by atoms with van der Waals surface area (Å²) in [6.07, 6.45) is 6.82. The van der Waals surface area contributed by atoms with Crippen LogP contribution in [-0.4, -0.2) is 69.6 Å². The van der Waals surface area contributed by atoms with Crippen LogP contribution < -0.4 is 9.80 Å². The van der Waals surface area contributed by atoms with Crippen molar-refractivity contribution in [2.45, 2.75) is 19.8 Å². The lowest BCUT2D eigenvalue weighted by atomic mass is 9.95. The van der Waals surface area contributed by atoms with Crippen molar-refractivity contribution in [1.82, 2.24) is 24.4 Å². The molecule has 2 aliphatic heterocycles. The van der Waals surface area contributed by atoms with E-state index >= 15 is 0 Å². The highest BCUT2D eigenvalue weighted by molar-refractivity contribution is 6.31. The van der Waals surface area contributed by atoms with E-state index < -0.39 is 5.82 Å². The van der Waals surface area contributed by atoms with Crippen LogP contribution in [-0.2, 0) is 4.79 Å². The fourth-order valence-corrected chi connectivity index (χ4v) is 4.92. The number of amides is 1. The molecule has 2 aromatic heterocycles. The van der Waals surface area contributed by atoms with E-state index in [4.69, 9.17) is 11.6 Å². The quantitative estimate of drug-likeness (QED) is 0.567. The molecule has 0 aliphatic carbocycles. The summed E-state index contributed by atoms with van der Waals surface area (Å²) in [5.74, 6) is 2.38. The van der Waals surface area contributed by atoms with E-state index in [9.17, 15) is 9.18 Å². The Hall–Kier alpha value is -3.20. The number of halogens is 2. The Morgan fingerprint density at radius 2 is 1.71 bits per heavy atom. The molecule has 1 amide bonds. The number of carbonyl (C=O) groups excluding carboxylic acids is 1. The molecule has 0 saturated carbocycles. The molecule has 3 aromatic rings. The number of anilines is 2. The number of aryl methyl sites for hydroxylation is 1. The molecular weight excluding hydrogens is 457 g/mol. The van der Waals surface area contributed by atoms with Crippen LogP contribution in [0.15, 0.2) is 43.0 Å². The number of imidazole rings is 1. The molecule has 0 radical (unpaired) electrons. The van der Waals surface area contributed by atoms with Crippen LogP contribution in [0.1, 0.15) is 18.7 Å². The Labute approximate surface area is 203 Å². The second kappa shape index (κ2) is 9.58. The fraction of sp³-hybridized carbons (Fsp3) is 0.417. The maximum Gasteiger partial charge on any atom is 0.225 e. The molecule has 1 aromatic carbocycles. The van der Waals surface area contributed by atoms with Gasteiger partial charge in [-0.25, -0.2) is 19.3 Å². The topological polar surface area (TPSA) is 70.4 Å². The number of aromatic nitrogens is 4. The second-order valence-corrected chi connectivity index (χ2v) is 9.16. The number of rotatable bonds is 4. The summed E-state index contributed by atoms with van der Waals surface area (Å²) in [7, 11) is 0. The third-order valence-corrected chi connectivity index (χ3v) is 7.03. The average Bonchev–Trinajstić information content (AvgIpc) is 3.31. The van der Waals surface area contributed by atoms with Gasteiger partial charge in [-0.3, -0.25) is 9.36 Å². The monoisotopic (exact) mass is 483 g/mol. The van der Waals surface area contributed by atoms with E-state index in [0.29, 0.717) is 26.2 Å². The van der Waals surface area contributed by atoms with Crippen molar-refractivity contribution in [2.75, 3.05) is 49.1 Å². The van der Waals surface area contributed by atoms with E-state index in [2.05, 4.69) is 24.8 Å². The molecule has 5 rings (SSSR count). The standard InChI is InChI=1S/C24H27ClFN7O/c1-17-27-6-9-33(17)23-15-22(28-16-29-23)31-7-4-18(5-8-31)24(34)32-12-10-30(11-13-32)19-2-3-21(26)20(25)14-19/h2-3,6,9,14-16,18H,4-5,7-8,10-13H2,1H3. The van der Waals surface area contributed by atoms with Gasteiger partial charge < -0.3 is 14.7 Å². The van der Waals surface area contributed by atoms with Gasteiger partial charge in [-0.2, -0.15) is 0 Å². The Morgan fingerprint density at radius 1 is 0.971 bits per heavy atom. The van der Waals surface area contributed by atoms with E-state index in [-0.39, 0.29) is 16.8 Å². The van der Waals surface area contributed by atoms with Gasteiger partial charge in [0, 0.05) is 69.3 Å². The van der Waals surface area contributed by atoms with Crippen LogP contribution in [0.5, 0.6) is 0 Å². The van der Waals surface area contributed by atoms with Crippen molar-refractivity contribution in [2.24, 2.45) is 5.92 Å². The van der Waals surface area contributed by atoms with Crippen LogP contribution in [0.2, 0.25) is 5.02 Å². The van der Waals surface area contributed by atoms with Gasteiger partial charge in [0.1, 0.15) is 29.6 Å². The van der Waals surface area contributed by atoms with Crippen LogP contribution in [0.4, 0.5) is 15.9 Å². The highest BCUT2D eigenvalue weighted by atomic mass is 35.5. The highest BCUT2D eigenvalue weighted by Gasteiger charge is 2.31. The van der Waals surface area contributed by atoms with Crippen LogP contribution >= 0.6 is 11.6 Å². The minimum absolute atomic E-state index is 0.0280. The van der Waals surface area contributed by atoms with Gasteiger partial charge in [-0.15, -0.1) is 0 Å². The van der Waals surface area contributed by atoms with E-state index in [1.165, 1.54) is 6.07 Å². The molecule has 0 unspecified atom stereocenters. The highest BCUT2D eigenvalue weighted by Crippen LogP contribution is 2.27. The normalized spacial score (nSPS) is 17.3. The predicted molar refractivity (Wildman–Crippen MR) is 129 cm³/mol. The van der Waals surface area contributed by atoms with Crippen LogP contribution in [0, 0.1) is 18.7 Å². The van der Waals surface area contributed by atoms with Gasteiger partial charge in [-0.05, 0) is 38.0 Å². The third-order valence-electron chi connectivity index (χ3n) is 6.74. The molecule has 0 atom stereocenters. The molecule has 0 spiro atoms. The minimum atomic E-state index is -0.416. The zero-order chi connectivity index (χ0) is 23.7. The van der Waals surface area contributed by atoms with Gasteiger partial charge in [0.15, 0.2) is 0 Å². The van der Waals surface area contributed by atoms with Crippen molar-refractivity contribution >= 4 is 29.0 Å². The van der Waals surface area contributed by atoms with Gasteiger partial charge >= 0.3 is 0 Å². The summed E-state index contributed by atoms with van der Waals surface area (Å²) >= 11 is 5.93. The van der Waals surface area contributed by atoms with Crippen molar-refractivity contribution in [3.05, 3.63) is 59.7 Å². The molecule has 10 heteroatoms. The molecule has 0 N–H and O–H groups in total. The van der Waals surface area contributed by atoms with Crippen LogP contribution in [0.3, 0.4) is 0 Å². The SMILES string of the molecule is Cc1nccn1-c1cc(N2CCC(C(=O)N3CCN(c4ccc(F)c(Cl)c4)CC3)CC2)ncn1. The largest absolute Gasteiger partial charge is 0.368 e. The first-order valence-electron chi connectivity index (χ1n) is 11.6. The molecular formula is C24H27ClFN7O. The van der Waals surface area contributed by atoms with Crippen molar-refractivity contribution in [3.8, 4) is 5.82 Å². The molecule has 2 fully saturated rings. The number of hydrogen-bond donors (Lipinski definition) is 0. The Kier molecular flexibility index (Phi) is 6.36. The third kappa shape index (κ3) is 4.57. The Bertz CT molecular complexity index is 1170. The van der Waals surface area contributed by atoms with Gasteiger partial charge in [0.25, 0.3) is 0 Å². The molecule has 34 heavy (non-hydrogen) atoms. The zero-order valence-electron chi connectivity index (χ0n) is 19.1. The van der Waals surface area contributed by atoms with E-state index in [1.807, 2.05) is 28.7 Å². The van der Waals surface area contributed by atoms with Crippen LogP contribution in [0.25, 0.3) is 5.82 Å². The van der Waals surface area contributed by atoms with Crippen molar-refractivity contribution in [3.63, 3.8) is 0 Å². The molecule has 2 aliphatic rings. The molecule has 4 heterocycles. The summed E-state index contributed by atoms with van der Waals surface area (Å²) in [4.78, 5) is 32.6. The summed E-state index contributed by atoms with van der Waals surface area (Å²) < 4.78 is 15.4. The lowest BCUT2D eigenvalue weighted by Gasteiger charge is -2.39. The fourth-order valence-electron chi connectivity index (χ4n) is 4.74. The first-order chi connectivity index (χ1) is 16.5. The van der Waals surface area contributed by atoms with Crippen molar-refractivity contribution < 1.29 is 9.18 Å². The first-order valence-corrected chi connectivity index (χ1v) is 11.9. The average molecular weight is 484 g/mol. The smallest absolute Gasteiger partial charge is 0.225 e. The molecule has 2 saturated heterocycles. The Morgan fingerprint density at radius 3 is 2.38 bits per heavy atom. The lowest BCUT2D eigenvalue weighted by molar-refractivity contribution is -0.136. The van der Waals surface area contributed by atoms with E-state index in [1.54, 1.807) is 24.7 Å². The van der Waals surface area contributed by atoms with E-state index in [0.717, 1.165) is 49.1 Å². The maximum atomic E-state index is 13.5. The molecule has 8 nitrogen and oxygen atoms in total. The molecule has 0 bridgehead atoms. The Balaban J connectivity index is 1.15. The van der Waals surface area contributed by atoms with Gasteiger partial charge in [-0.1, -0.05) is 11.6 Å². The summed E-state index contributed by atoms with van der Waals surface area (Å²) in [6, 6.07) is 6.75. The van der Waals surface area contributed by atoms with Gasteiger partial charge in [0.05, 0.1) is 5.02 Å². The number of carbonyl (C=O) groups is 1.